The second-order valence-corrected chi connectivity index (χ2v) is 15.1. The molecule has 10 nitrogen and oxygen atoms in total. The summed E-state index contributed by atoms with van der Waals surface area (Å²) in [5.41, 5.74) is -1.11. The lowest BCUT2D eigenvalue weighted by Crippen LogP contribution is -2.61. The Kier molecular flexibility index (Phi) is 13.7. The molecule has 2 aromatic rings. The number of aryl methyl sites for hydroxylation is 1. The molecule has 0 heterocycles. The number of nitrogens with zero attached hydrogens (tertiary/aromatic N) is 1. The van der Waals surface area contributed by atoms with E-state index in [2.05, 4.69) is 10.6 Å². The van der Waals surface area contributed by atoms with Gasteiger partial charge < -0.3 is 30.1 Å². The molecular weight excluding hydrogens is 610 g/mol. The summed E-state index contributed by atoms with van der Waals surface area (Å²) in [4.78, 5) is 57.6. The summed E-state index contributed by atoms with van der Waals surface area (Å²) in [5, 5.41) is 17.0. The van der Waals surface area contributed by atoms with Crippen LogP contribution in [-0.2, 0) is 30.3 Å². The van der Waals surface area contributed by atoms with Crippen molar-refractivity contribution < 1.29 is 33.8 Å². The van der Waals surface area contributed by atoms with Gasteiger partial charge in [0.25, 0.3) is 0 Å². The number of hydrogen-bond acceptors (Lipinski definition) is 7. The van der Waals surface area contributed by atoms with E-state index in [1.165, 1.54) is 4.90 Å². The molecule has 2 aromatic carbocycles. The predicted molar refractivity (Wildman–Crippen MR) is 187 cm³/mol. The van der Waals surface area contributed by atoms with Crippen molar-refractivity contribution in [3.05, 3.63) is 65.2 Å². The second-order valence-electron chi connectivity index (χ2n) is 15.1. The minimum atomic E-state index is -1.39. The van der Waals surface area contributed by atoms with E-state index in [9.17, 15) is 24.3 Å². The number of carbonyl (C=O) groups is 4. The molecule has 0 aromatic heterocycles. The lowest BCUT2D eigenvalue weighted by atomic mass is 9.88. The van der Waals surface area contributed by atoms with Crippen LogP contribution in [0.25, 0.3) is 0 Å². The van der Waals surface area contributed by atoms with E-state index >= 15 is 0 Å². The molecule has 266 valence electrons. The zero-order valence-corrected chi connectivity index (χ0v) is 30.9. The van der Waals surface area contributed by atoms with Gasteiger partial charge in [-0.1, -0.05) is 75.7 Å². The third-order valence-electron chi connectivity index (χ3n) is 8.27. The maximum Gasteiger partial charge on any atom is 0.408 e. The average Bonchev–Trinajstić information content (AvgIpc) is 2.97. The number of rotatable bonds is 13. The molecule has 0 bridgehead atoms. The molecule has 3 amide bonds. The molecule has 0 fully saturated rings. The van der Waals surface area contributed by atoms with Gasteiger partial charge in [-0.25, -0.2) is 9.59 Å². The number of benzene rings is 2. The van der Waals surface area contributed by atoms with Gasteiger partial charge in [-0.05, 0) is 85.8 Å². The normalized spacial score (nSPS) is 14.6. The molecule has 0 aliphatic heterocycles. The van der Waals surface area contributed by atoms with E-state index in [1.54, 1.807) is 66.7 Å². The zero-order chi connectivity index (χ0) is 36.6. The fourth-order valence-corrected chi connectivity index (χ4v) is 5.18. The third-order valence-corrected chi connectivity index (χ3v) is 8.27. The number of amides is 3. The van der Waals surface area contributed by atoms with Crippen LogP contribution in [0, 0.1) is 12.8 Å². The summed E-state index contributed by atoms with van der Waals surface area (Å²) in [5.74, 6) is -2.34. The number of para-hydroxylation sites is 1. The van der Waals surface area contributed by atoms with E-state index in [4.69, 9.17) is 9.47 Å². The van der Waals surface area contributed by atoms with Crippen LogP contribution in [-0.4, -0.2) is 62.7 Å². The van der Waals surface area contributed by atoms with Crippen LogP contribution < -0.4 is 10.6 Å². The molecule has 0 saturated heterocycles. The largest absolute Gasteiger partial charge is 0.507 e. The Morgan fingerprint density at radius 1 is 0.833 bits per heavy atom. The van der Waals surface area contributed by atoms with E-state index < -0.39 is 58.7 Å². The van der Waals surface area contributed by atoms with E-state index in [1.807, 2.05) is 65.0 Å². The Morgan fingerprint density at radius 3 is 1.94 bits per heavy atom. The fraction of sp³-hybridized carbons (Fsp3) is 0.579. The summed E-state index contributed by atoms with van der Waals surface area (Å²) in [6.07, 6.45) is 0.336. The lowest BCUT2D eigenvalue weighted by molar-refractivity contribution is -0.159. The highest BCUT2D eigenvalue weighted by Gasteiger charge is 2.46. The fourth-order valence-electron chi connectivity index (χ4n) is 5.18. The number of hydrogen-bond donors (Lipinski definition) is 3. The molecule has 2 rings (SSSR count). The third kappa shape index (κ3) is 11.3. The standard InChI is InChI=1S/C38H57N3O7/c1-13-24(3)29(40-35(46)48-37(8,9)10)33(44)41(38(11,12)14-2)30(27-22-18-19-25(4)31(27)42)32(43)39-28(34(45)47-36(5,6)7)23-26-20-16-15-17-21-26/h15-22,24,28-30,42H,13-14,23H2,1-12H3,(H,39,43)(H,40,46). The van der Waals surface area contributed by atoms with Crippen LogP contribution in [0.3, 0.4) is 0 Å². The Bertz CT molecular complexity index is 1410. The maximum absolute atomic E-state index is 14.9. The number of ether oxygens (including phenoxy) is 2. The van der Waals surface area contributed by atoms with Crippen LogP contribution in [0.4, 0.5) is 4.79 Å². The number of aromatic hydroxyl groups is 1. The van der Waals surface area contributed by atoms with Crippen molar-refractivity contribution in [2.45, 2.75) is 137 Å². The first-order valence-electron chi connectivity index (χ1n) is 16.8. The number of esters is 1. The highest BCUT2D eigenvalue weighted by Crippen LogP contribution is 2.38. The number of phenols is 1. The van der Waals surface area contributed by atoms with Gasteiger partial charge in [0.2, 0.25) is 11.8 Å². The summed E-state index contributed by atoms with van der Waals surface area (Å²) in [6.45, 7) is 21.4. The Morgan fingerprint density at radius 2 is 1.42 bits per heavy atom. The van der Waals surface area contributed by atoms with E-state index in [0.717, 1.165) is 5.56 Å². The number of carbonyl (C=O) groups excluding carboxylic acids is 4. The van der Waals surface area contributed by atoms with Crippen molar-refractivity contribution in [1.29, 1.82) is 0 Å². The van der Waals surface area contributed by atoms with Crippen LogP contribution in [0.1, 0.15) is 112 Å². The van der Waals surface area contributed by atoms with Gasteiger partial charge >= 0.3 is 12.1 Å². The van der Waals surface area contributed by atoms with Gasteiger partial charge in [-0.3, -0.25) is 9.59 Å². The van der Waals surface area contributed by atoms with E-state index in [-0.39, 0.29) is 23.7 Å². The van der Waals surface area contributed by atoms with Gasteiger partial charge in [0.15, 0.2) is 0 Å². The topological polar surface area (TPSA) is 134 Å². The van der Waals surface area contributed by atoms with Gasteiger partial charge in [0.1, 0.15) is 35.1 Å². The zero-order valence-electron chi connectivity index (χ0n) is 30.9. The molecule has 3 N–H and O–H groups in total. The molecule has 4 unspecified atom stereocenters. The van der Waals surface area contributed by atoms with Crippen molar-refractivity contribution in [1.82, 2.24) is 15.5 Å². The van der Waals surface area contributed by atoms with Crippen molar-refractivity contribution in [2.75, 3.05) is 0 Å². The summed E-state index contributed by atoms with van der Waals surface area (Å²) in [6, 6.07) is 10.7. The van der Waals surface area contributed by atoms with Crippen LogP contribution in [0.15, 0.2) is 48.5 Å². The van der Waals surface area contributed by atoms with E-state index in [0.29, 0.717) is 18.4 Å². The first-order chi connectivity index (χ1) is 22.1. The molecule has 0 aliphatic carbocycles. The van der Waals surface area contributed by atoms with Gasteiger partial charge in [0.05, 0.1) is 0 Å². The molecule has 4 atom stereocenters. The Hall–Kier alpha value is -4.08. The molecule has 0 radical (unpaired) electrons. The number of alkyl carbamates (subject to hydrolysis) is 1. The first kappa shape index (κ1) is 40.1. The average molecular weight is 668 g/mol. The van der Waals surface area contributed by atoms with Crippen LogP contribution in [0.2, 0.25) is 0 Å². The SMILES string of the molecule is CCC(C)C(NC(=O)OC(C)(C)C)C(=O)N(C(C(=O)NC(Cc1ccccc1)C(=O)OC(C)(C)C)c1cccc(C)c1O)C(C)(C)CC. The van der Waals surface area contributed by atoms with Crippen molar-refractivity contribution in [3.63, 3.8) is 0 Å². The lowest BCUT2D eigenvalue weighted by Gasteiger charge is -2.45. The molecule has 0 aliphatic rings. The molecular formula is C38H57N3O7. The van der Waals surface area contributed by atoms with Gasteiger partial charge in [0, 0.05) is 17.5 Å². The smallest absolute Gasteiger partial charge is 0.408 e. The molecule has 10 heteroatoms. The number of nitrogens with one attached hydrogen (secondary N) is 2. The quantitative estimate of drug-likeness (QED) is 0.201. The van der Waals surface area contributed by atoms with Gasteiger partial charge in [-0.2, -0.15) is 0 Å². The van der Waals surface area contributed by atoms with Crippen LogP contribution >= 0.6 is 0 Å². The van der Waals surface area contributed by atoms with Gasteiger partial charge in [-0.15, -0.1) is 0 Å². The molecule has 0 saturated carbocycles. The minimum Gasteiger partial charge on any atom is -0.507 e. The van der Waals surface area contributed by atoms with Crippen molar-refractivity contribution >= 4 is 23.9 Å². The highest BCUT2D eigenvalue weighted by atomic mass is 16.6. The summed E-state index contributed by atoms with van der Waals surface area (Å²) in [7, 11) is 0. The highest BCUT2D eigenvalue weighted by molar-refractivity contribution is 5.95. The minimum absolute atomic E-state index is 0.134. The Labute approximate surface area is 287 Å². The first-order valence-corrected chi connectivity index (χ1v) is 16.8. The Balaban J connectivity index is 2.78. The maximum atomic E-state index is 14.9. The monoisotopic (exact) mass is 667 g/mol. The van der Waals surface area contributed by atoms with Crippen molar-refractivity contribution in [3.8, 4) is 5.75 Å². The number of phenolic OH excluding ortho intramolecular Hbond substituents is 1. The van der Waals surface area contributed by atoms with Crippen LogP contribution in [0.5, 0.6) is 5.75 Å². The van der Waals surface area contributed by atoms with Crippen molar-refractivity contribution in [2.24, 2.45) is 5.92 Å². The molecule has 48 heavy (non-hydrogen) atoms. The summed E-state index contributed by atoms with van der Waals surface area (Å²) < 4.78 is 11.2. The predicted octanol–water partition coefficient (Wildman–Crippen LogP) is 6.77. The summed E-state index contributed by atoms with van der Waals surface area (Å²) >= 11 is 0. The molecule has 0 spiro atoms. The second kappa shape index (κ2) is 16.3.